The summed E-state index contributed by atoms with van der Waals surface area (Å²) < 4.78 is 10.9. The van der Waals surface area contributed by atoms with E-state index < -0.39 is 0 Å². The van der Waals surface area contributed by atoms with Crippen LogP contribution in [0.4, 0.5) is 17.2 Å². The molecule has 170 valence electrons. The summed E-state index contributed by atoms with van der Waals surface area (Å²) in [5.74, 6) is 1.06. The quantitative estimate of drug-likeness (QED) is 0.771. The Morgan fingerprint density at radius 2 is 2.06 bits per heavy atom. The number of likely N-dealkylation sites (N-methyl/N-ethyl adjacent to an activating group) is 1. The highest BCUT2D eigenvalue weighted by atomic mass is 16.5. The average Bonchev–Trinajstić information content (AvgIpc) is 2.94. The molecule has 1 amide bonds. The molecule has 0 unspecified atom stereocenters. The largest absolute Gasteiger partial charge is 0.381 e. The number of benzene rings is 1. The molecule has 1 aromatic heterocycles. The number of methoxy groups -OCH3 is 1. The van der Waals surface area contributed by atoms with E-state index in [2.05, 4.69) is 46.5 Å². The molecule has 7 nitrogen and oxygen atoms in total. The molecule has 3 aliphatic rings. The molecule has 1 saturated heterocycles. The Hall–Kier alpha value is -2.48. The summed E-state index contributed by atoms with van der Waals surface area (Å²) in [5.41, 5.74) is 4.10. The predicted molar refractivity (Wildman–Crippen MR) is 124 cm³/mol. The van der Waals surface area contributed by atoms with Gasteiger partial charge < -0.3 is 19.7 Å². The third kappa shape index (κ3) is 4.25. The van der Waals surface area contributed by atoms with Crippen LogP contribution in [0.3, 0.4) is 0 Å². The third-order valence-corrected chi connectivity index (χ3v) is 7.12. The van der Waals surface area contributed by atoms with Gasteiger partial charge in [0.25, 0.3) is 0 Å². The molecular formula is C25H32N4O3. The Morgan fingerprint density at radius 1 is 1.25 bits per heavy atom. The number of fused-ring (bicyclic) bond motifs is 2. The van der Waals surface area contributed by atoms with Gasteiger partial charge >= 0.3 is 0 Å². The number of amides is 1. The zero-order valence-electron chi connectivity index (χ0n) is 18.9. The number of carbonyl (C=O) groups is 1. The molecule has 32 heavy (non-hydrogen) atoms. The molecule has 7 heteroatoms. The highest BCUT2D eigenvalue weighted by Crippen LogP contribution is 2.38. The summed E-state index contributed by atoms with van der Waals surface area (Å²) in [4.78, 5) is 22.6. The molecule has 2 aromatic rings. The Labute approximate surface area is 189 Å². The van der Waals surface area contributed by atoms with Crippen LogP contribution in [0.1, 0.15) is 36.8 Å². The fourth-order valence-corrected chi connectivity index (χ4v) is 4.92. The molecule has 0 spiro atoms. The fourth-order valence-electron chi connectivity index (χ4n) is 4.92. The smallest absolute Gasteiger partial charge is 0.230 e. The molecule has 2 fully saturated rings. The second kappa shape index (κ2) is 9.17. The summed E-state index contributed by atoms with van der Waals surface area (Å²) >= 11 is 0. The maximum Gasteiger partial charge on any atom is 0.230 e. The first-order chi connectivity index (χ1) is 15.6. The summed E-state index contributed by atoms with van der Waals surface area (Å²) in [7, 11) is 3.90. The number of nitrogens with zero attached hydrogens (tertiary/aromatic N) is 3. The van der Waals surface area contributed by atoms with E-state index in [0.29, 0.717) is 12.6 Å². The molecule has 0 bridgehead atoms. The zero-order chi connectivity index (χ0) is 22.1. The SMILES string of the molecule is COC1CCC(C(=O)N2Cc3cccnc3Nc3ccc(CN(C)C4COC4)cc32)CC1. The van der Waals surface area contributed by atoms with E-state index >= 15 is 0 Å². The Kier molecular flexibility index (Phi) is 6.13. The van der Waals surface area contributed by atoms with Gasteiger partial charge in [0.15, 0.2) is 0 Å². The lowest BCUT2D eigenvalue weighted by Gasteiger charge is -2.35. The normalized spacial score (nSPS) is 23.0. The third-order valence-electron chi connectivity index (χ3n) is 7.12. The van der Waals surface area contributed by atoms with Crippen molar-refractivity contribution in [2.24, 2.45) is 5.92 Å². The van der Waals surface area contributed by atoms with Gasteiger partial charge in [0.1, 0.15) is 5.82 Å². The lowest BCUT2D eigenvalue weighted by molar-refractivity contribution is -0.124. The standard InChI is InChI=1S/C25H32N4O3/c1-28(20-15-32-16-20)13-17-5-10-22-23(12-17)29(14-19-4-3-11-26-24(19)27-22)25(30)18-6-8-21(31-2)9-7-18/h3-5,10-12,18,20-21H,6-9,13-16H2,1-2H3,(H,26,27). The van der Waals surface area contributed by atoms with Crippen LogP contribution in [0.15, 0.2) is 36.5 Å². The second-order valence-corrected chi connectivity index (χ2v) is 9.23. The van der Waals surface area contributed by atoms with Crippen LogP contribution in [0.2, 0.25) is 0 Å². The molecule has 3 heterocycles. The molecule has 1 saturated carbocycles. The lowest BCUT2D eigenvalue weighted by Crippen LogP contribution is -2.46. The minimum Gasteiger partial charge on any atom is -0.381 e. The van der Waals surface area contributed by atoms with Gasteiger partial charge in [-0.25, -0.2) is 4.98 Å². The maximum absolute atomic E-state index is 13.8. The van der Waals surface area contributed by atoms with Gasteiger partial charge in [0, 0.05) is 31.3 Å². The van der Waals surface area contributed by atoms with Gasteiger partial charge in [0.2, 0.25) is 5.91 Å². The first-order valence-corrected chi connectivity index (χ1v) is 11.6. The fraction of sp³-hybridized carbons (Fsp3) is 0.520. The van der Waals surface area contributed by atoms with Gasteiger partial charge in [0.05, 0.1) is 43.3 Å². The lowest BCUT2D eigenvalue weighted by atomic mass is 9.86. The van der Waals surface area contributed by atoms with Crippen molar-refractivity contribution in [2.45, 2.75) is 50.9 Å². The van der Waals surface area contributed by atoms with Crippen molar-refractivity contribution in [3.63, 3.8) is 0 Å². The predicted octanol–water partition coefficient (Wildman–Crippen LogP) is 3.71. The monoisotopic (exact) mass is 436 g/mol. The van der Waals surface area contributed by atoms with Crippen LogP contribution in [-0.4, -0.2) is 55.3 Å². The Morgan fingerprint density at radius 3 is 2.78 bits per heavy atom. The number of aromatic nitrogens is 1. The topological polar surface area (TPSA) is 66.9 Å². The van der Waals surface area contributed by atoms with E-state index in [0.717, 1.165) is 68.2 Å². The van der Waals surface area contributed by atoms with E-state index in [-0.39, 0.29) is 17.9 Å². The van der Waals surface area contributed by atoms with E-state index in [1.54, 1.807) is 13.3 Å². The minimum atomic E-state index is 0.0333. The number of pyridine rings is 1. The van der Waals surface area contributed by atoms with E-state index in [4.69, 9.17) is 9.47 Å². The molecule has 2 aliphatic heterocycles. The van der Waals surface area contributed by atoms with Crippen molar-refractivity contribution in [1.82, 2.24) is 9.88 Å². The van der Waals surface area contributed by atoms with Crippen molar-refractivity contribution >= 4 is 23.1 Å². The molecule has 1 N–H and O–H groups in total. The van der Waals surface area contributed by atoms with Crippen LogP contribution in [0.25, 0.3) is 0 Å². The van der Waals surface area contributed by atoms with Crippen molar-refractivity contribution in [3.05, 3.63) is 47.7 Å². The van der Waals surface area contributed by atoms with Crippen LogP contribution in [0.5, 0.6) is 0 Å². The molecular weight excluding hydrogens is 404 g/mol. The summed E-state index contributed by atoms with van der Waals surface area (Å²) in [6, 6.07) is 10.8. The minimum absolute atomic E-state index is 0.0333. The average molecular weight is 437 g/mol. The first kappa shape index (κ1) is 21.4. The zero-order valence-corrected chi connectivity index (χ0v) is 18.9. The van der Waals surface area contributed by atoms with E-state index in [1.165, 1.54) is 5.56 Å². The van der Waals surface area contributed by atoms with Crippen molar-refractivity contribution in [3.8, 4) is 0 Å². The highest BCUT2D eigenvalue weighted by molar-refractivity contribution is 5.99. The van der Waals surface area contributed by atoms with Crippen LogP contribution in [-0.2, 0) is 27.4 Å². The van der Waals surface area contributed by atoms with Gasteiger partial charge in [-0.1, -0.05) is 12.1 Å². The first-order valence-electron chi connectivity index (χ1n) is 11.6. The molecule has 1 aromatic carbocycles. The van der Waals surface area contributed by atoms with Crippen molar-refractivity contribution < 1.29 is 14.3 Å². The van der Waals surface area contributed by atoms with Gasteiger partial charge in [-0.05, 0) is 56.5 Å². The van der Waals surface area contributed by atoms with Crippen LogP contribution >= 0.6 is 0 Å². The van der Waals surface area contributed by atoms with Gasteiger partial charge in [-0.2, -0.15) is 0 Å². The number of ether oxygens (including phenoxy) is 2. The number of hydrogen-bond acceptors (Lipinski definition) is 6. The van der Waals surface area contributed by atoms with Gasteiger partial charge in [-0.3, -0.25) is 9.69 Å². The van der Waals surface area contributed by atoms with Gasteiger partial charge in [-0.15, -0.1) is 0 Å². The molecule has 1 aliphatic carbocycles. The second-order valence-electron chi connectivity index (χ2n) is 9.23. The van der Waals surface area contributed by atoms with Crippen LogP contribution < -0.4 is 10.2 Å². The Balaban J connectivity index is 1.44. The molecule has 0 radical (unpaired) electrons. The molecule has 0 atom stereocenters. The number of rotatable bonds is 5. The summed E-state index contributed by atoms with van der Waals surface area (Å²) in [6.07, 6.45) is 5.70. The van der Waals surface area contributed by atoms with Crippen molar-refractivity contribution in [2.75, 3.05) is 37.6 Å². The summed E-state index contributed by atoms with van der Waals surface area (Å²) in [5, 5.41) is 3.47. The van der Waals surface area contributed by atoms with Crippen LogP contribution in [0, 0.1) is 5.92 Å². The Bertz CT molecular complexity index is 969. The summed E-state index contributed by atoms with van der Waals surface area (Å²) in [6.45, 7) is 2.94. The van der Waals surface area contributed by atoms with Crippen molar-refractivity contribution in [1.29, 1.82) is 0 Å². The number of hydrogen-bond donors (Lipinski definition) is 1. The highest BCUT2D eigenvalue weighted by Gasteiger charge is 2.33. The number of anilines is 3. The molecule has 5 rings (SSSR count). The van der Waals surface area contributed by atoms with E-state index in [9.17, 15) is 4.79 Å². The van der Waals surface area contributed by atoms with E-state index in [1.807, 2.05) is 11.0 Å². The number of carbonyl (C=O) groups excluding carboxylic acids is 1. The number of nitrogens with one attached hydrogen (secondary N) is 1. The maximum atomic E-state index is 13.8.